The standard InChI is InChI=1S/C21H16N2O2S/c22-14-18-17(15-7-3-1-4-8-15)13-19(16-9-5-2-6-10-16)23-21(18)26-12-11-20(24)25/h1-10,13H,11-12H2,(H,24,25)/p-1. The highest BCUT2D eigenvalue weighted by Gasteiger charge is 2.15. The van der Waals surface area contributed by atoms with Gasteiger partial charge < -0.3 is 9.90 Å². The van der Waals surface area contributed by atoms with Crippen LogP contribution < -0.4 is 5.11 Å². The summed E-state index contributed by atoms with van der Waals surface area (Å²) in [6.45, 7) is 0. The minimum absolute atomic E-state index is 0.0898. The monoisotopic (exact) mass is 359 g/mol. The second-order valence-corrected chi connectivity index (χ2v) is 6.63. The Balaban J connectivity index is 2.12. The van der Waals surface area contributed by atoms with Gasteiger partial charge in [0.15, 0.2) is 0 Å². The first-order valence-corrected chi connectivity index (χ1v) is 9.06. The highest BCUT2D eigenvalue weighted by molar-refractivity contribution is 7.99. The van der Waals surface area contributed by atoms with Gasteiger partial charge in [0.25, 0.3) is 0 Å². The molecule has 0 aliphatic carbocycles. The third kappa shape index (κ3) is 4.11. The van der Waals surface area contributed by atoms with Crippen molar-refractivity contribution in [1.82, 2.24) is 4.98 Å². The first-order chi connectivity index (χ1) is 12.7. The van der Waals surface area contributed by atoms with E-state index in [2.05, 4.69) is 11.1 Å². The van der Waals surface area contributed by atoms with Gasteiger partial charge >= 0.3 is 0 Å². The number of thioether (sulfide) groups is 1. The Labute approximate surface area is 156 Å². The molecule has 0 saturated heterocycles. The summed E-state index contributed by atoms with van der Waals surface area (Å²) >= 11 is 1.26. The van der Waals surface area contributed by atoms with Crippen molar-refractivity contribution in [3.05, 3.63) is 72.3 Å². The van der Waals surface area contributed by atoms with E-state index in [-0.39, 0.29) is 6.42 Å². The minimum atomic E-state index is -1.11. The Morgan fingerprint density at radius 2 is 1.65 bits per heavy atom. The predicted octanol–water partition coefficient (Wildman–Crippen LogP) is 3.52. The number of nitrogens with zero attached hydrogens (tertiary/aromatic N) is 2. The number of aliphatic carboxylic acids is 1. The summed E-state index contributed by atoms with van der Waals surface area (Å²) in [5, 5.41) is 20.9. The number of hydrogen-bond acceptors (Lipinski definition) is 5. The van der Waals surface area contributed by atoms with Crippen LogP contribution in [0.1, 0.15) is 12.0 Å². The maximum atomic E-state index is 10.7. The number of carboxylic acid groups (broad SMARTS) is 1. The van der Waals surface area contributed by atoms with E-state index in [4.69, 9.17) is 0 Å². The largest absolute Gasteiger partial charge is 0.550 e. The number of benzene rings is 2. The van der Waals surface area contributed by atoms with Crippen molar-refractivity contribution in [1.29, 1.82) is 5.26 Å². The fraction of sp³-hybridized carbons (Fsp3) is 0.0952. The molecule has 0 N–H and O–H groups in total. The molecule has 4 nitrogen and oxygen atoms in total. The Kier molecular flexibility index (Phi) is 5.67. The van der Waals surface area contributed by atoms with Gasteiger partial charge in [-0.3, -0.25) is 0 Å². The first-order valence-electron chi connectivity index (χ1n) is 8.07. The molecule has 0 bridgehead atoms. The highest BCUT2D eigenvalue weighted by Crippen LogP contribution is 2.34. The van der Waals surface area contributed by atoms with Crippen molar-refractivity contribution in [2.45, 2.75) is 11.4 Å². The molecule has 0 aliphatic heterocycles. The molecule has 128 valence electrons. The molecule has 0 fully saturated rings. The fourth-order valence-electron chi connectivity index (χ4n) is 2.57. The molecule has 0 radical (unpaired) electrons. The van der Waals surface area contributed by atoms with Gasteiger partial charge in [0.05, 0.1) is 11.3 Å². The Morgan fingerprint density at radius 3 is 2.23 bits per heavy atom. The summed E-state index contributed by atoms with van der Waals surface area (Å²) in [6, 6.07) is 23.5. The van der Waals surface area contributed by atoms with Crippen molar-refractivity contribution in [3.8, 4) is 28.5 Å². The molecule has 1 aromatic heterocycles. The minimum Gasteiger partial charge on any atom is -0.550 e. The van der Waals surface area contributed by atoms with E-state index in [9.17, 15) is 15.2 Å². The van der Waals surface area contributed by atoms with Gasteiger partial charge in [0.1, 0.15) is 11.1 Å². The van der Waals surface area contributed by atoms with Crippen molar-refractivity contribution in [2.75, 3.05) is 5.75 Å². The third-order valence-electron chi connectivity index (χ3n) is 3.80. The summed E-state index contributed by atoms with van der Waals surface area (Å²) in [5.41, 5.74) is 3.86. The zero-order valence-corrected chi connectivity index (χ0v) is 14.7. The molecule has 0 saturated carbocycles. The number of carboxylic acids is 1. The molecule has 26 heavy (non-hydrogen) atoms. The van der Waals surface area contributed by atoms with Crippen LogP contribution in [-0.2, 0) is 4.79 Å². The van der Waals surface area contributed by atoms with E-state index >= 15 is 0 Å². The molecule has 0 atom stereocenters. The van der Waals surface area contributed by atoms with Crippen LogP contribution >= 0.6 is 11.8 Å². The average molecular weight is 359 g/mol. The second-order valence-electron chi connectivity index (χ2n) is 5.55. The summed E-state index contributed by atoms with van der Waals surface area (Å²) < 4.78 is 0. The van der Waals surface area contributed by atoms with Crippen LogP contribution in [0.25, 0.3) is 22.4 Å². The van der Waals surface area contributed by atoms with Gasteiger partial charge in [-0.2, -0.15) is 5.26 Å². The van der Waals surface area contributed by atoms with Gasteiger partial charge in [-0.25, -0.2) is 4.98 Å². The number of rotatable bonds is 6. The lowest BCUT2D eigenvalue weighted by atomic mass is 9.99. The molecule has 3 rings (SSSR count). The van der Waals surface area contributed by atoms with Crippen molar-refractivity contribution in [3.63, 3.8) is 0 Å². The van der Waals surface area contributed by atoms with Crippen LogP contribution in [0, 0.1) is 11.3 Å². The van der Waals surface area contributed by atoms with E-state index in [1.165, 1.54) is 11.8 Å². The lowest BCUT2D eigenvalue weighted by molar-refractivity contribution is -0.305. The van der Waals surface area contributed by atoms with Crippen LogP contribution in [-0.4, -0.2) is 16.7 Å². The Hall–Kier alpha value is -3.10. The van der Waals surface area contributed by atoms with E-state index in [1.54, 1.807) is 0 Å². The van der Waals surface area contributed by atoms with Crippen LogP contribution in [0.15, 0.2) is 71.8 Å². The van der Waals surface area contributed by atoms with E-state index < -0.39 is 5.97 Å². The third-order valence-corrected chi connectivity index (χ3v) is 4.77. The average Bonchev–Trinajstić information content (AvgIpc) is 2.68. The summed E-state index contributed by atoms with van der Waals surface area (Å²) in [5.74, 6) is -0.810. The molecular formula is C21H15N2O2S-. The zero-order chi connectivity index (χ0) is 18.4. The second kappa shape index (κ2) is 8.32. The van der Waals surface area contributed by atoms with Gasteiger partial charge in [-0.15, -0.1) is 11.8 Å². The summed E-state index contributed by atoms with van der Waals surface area (Å²) in [4.78, 5) is 15.3. The van der Waals surface area contributed by atoms with Crippen molar-refractivity contribution in [2.24, 2.45) is 0 Å². The van der Waals surface area contributed by atoms with Crippen LogP contribution in [0.2, 0.25) is 0 Å². The molecule has 0 aliphatic rings. The van der Waals surface area contributed by atoms with E-state index in [0.717, 1.165) is 22.4 Å². The van der Waals surface area contributed by atoms with Gasteiger partial charge in [-0.1, -0.05) is 60.7 Å². The van der Waals surface area contributed by atoms with Gasteiger partial charge in [0, 0.05) is 22.8 Å². The van der Waals surface area contributed by atoms with E-state index in [0.29, 0.717) is 16.3 Å². The first kappa shape index (κ1) is 17.7. The maximum absolute atomic E-state index is 10.7. The van der Waals surface area contributed by atoms with Gasteiger partial charge in [-0.05, 0) is 18.1 Å². The lowest BCUT2D eigenvalue weighted by Gasteiger charge is -2.12. The molecule has 1 heterocycles. The maximum Gasteiger partial charge on any atom is 0.115 e. The van der Waals surface area contributed by atoms with Crippen LogP contribution in [0.5, 0.6) is 0 Å². The number of hydrogen-bond donors (Lipinski definition) is 0. The SMILES string of the molecule is N#Cc1c(-c2ccccc2)cc(-c2ccccc2)nc1SCCC(=O)[O-]. The fourth-order valence-corrected chi connectivity index (χ4v) is 3.49. The number of carbonyl (C=O) groups is 1. The zero-order valence-electron chi connectivity index (χ0n) is 13.9. The van der Waals surface area contributed by atoms with Crippen LogP contribution in [0.3, 0.4) is 0 Å². The molecule has 0 amide bonds. The van der Waals surface area contributed by atoms with Crippen molar-refractivity contribution >= 4 is 17.7 Å². The number of nitriles is 1. The molecule has 2 aromatic carbocycles. The molecular weight excluding hydrogens is 344 g/mol. The summed E-state index contributed by atoms with van der Waals surface area (Å²) in [7, 11) is 0. The Morgan fingerprint density at radius 1 is 1.04 bits per heavy atom. The molecule has 0 spiro atoms. The highest BCUT2D eigenvalue weighted by atomic mass is 32.2. The van der Waals surface area contributed by atoms with Crippen LogP contribution in [0.4, 0.5) is 0 Å². The van der Waals surface area contributed by atoms with E-state index in [1.807, 2.05) is 66.7 Å². The number of carbonyl (C=O) groups excluding carboxylic acids is 1. The summed E-state index contributed by atoms with van der Waals surface area (Å²) in [6.07, 6.45) is -0.0898. The predicted molar refractivity (Wildman–Crippen MR) is 100 cm³/mol. The Bertz CT molecular complexity index is 951. The normalized spacial score (nSPS) is 10.3. The quantitative estimate of drug-likeness (QED) is 0.629. The number of pyridine rings is 1. The smallest absolute Gasteiger partial charge is 0.115 e. The molecule has 3 aromatic rings. The number of aromatic nitrogens is 1. The van der Waals surface area contributed by atoms with Gasteiger partial charge in [0.2, 0.25) is 0 Å². The topological polar surface area (TPSA) is 76.8 Å². The molecule has 0 unspecified atom stereocenters. The lowest BCUT2D eigenvalue weighted by Crippen LogP contribution is -2.22. The van der Waals surface area contributed by atoms with Crippen molar-refractivity contribution < 1.29 is 9.90 Å². The molecule has 5 heteroatoms.